The van der Waals surface area contributed by atoms with Crippen molar-refractivity contribution in [2.24, 2.45) is 5.16 Å². The van der Waals surface area contributed by atoms with E-state index in [1.54, 1.807) is 12.1 Å². The number of fused-ring (bicyclic) bond motifs is 1. The predicted octanol–water partition coefficient (Wildman–Crippen LogP) is 4.72. The zero-order valence-electron chi connectivity index (χ0n) is 14.9. The zero-order valence-corrected chi connectivity index (χ0v) is 14.9. The quantitative estimate of drug-likeness (QED) is 0.238. The molecule has 1 heterocycles. The predicted molar refractivity (Wildman–Crippen MR) is 108 cm³/mol. The maximum Gasteiger partial charge on any atom is 0.336 e. The largest absolute Gasteiger partial charge is 0.487 e. The van der Waals surface area contributed by atoms with Crippen LogP contribution in [0.2, 0.25) is 0 Å². The van der Waals surface area contributed by atoms with Crippen molar-refractivity contribution in [1.82, 2.24) is 0 Å². The summed E-state index contributed by atoms with van der Waals surface area (Å²) in [5, 5.41) is 13.4. The first-order chi connectivity index (χ1) is 13.7. The molecule has 0 amide bonds. The Balaban J connectivity index is 1.64. The van der Waals surface area contributed by atoms with E-state index in [0.29, 0.717) is 17.0 Å². The molecule has 0 fully saturated rings. The monoisotopic (exact) mass is 371 g/mol. The summed E-state index contributed by atoms with van der Waals surface area (Å²) in [6.45, 7) is 0.0780. The maximum absolute atomic E-state index is 12.0. The second kappa shape index (κ2) is 7.80. The van der Waals surface area contributed by atoms with E-state index in [4.69, 9.17) is 9.15 Å². The van der Waals surface area contributed by atoms with Gasteiger partial charge in [0.2, 0.25) is 0 Å². The molecule has 4 aromatic rings. The van der Waals surface area contributed by atoms with Gasteiger partial charge in [0.1, 0.15) is 23.7 Å². The molecule has 0 spiro atoms. The highest BCUT2D eigenvalue weighted by Gasteiger charge is 2.10. The average Bonchev–Trinajstić information content (AvgIpc) is 2.75. The van der Waals surface area contributed by atoms with Gasteiger partial charge in [-0.3, -0.25) is 0 Å². The van der Waals surface area contributed by atoms with Crippen LogP contribution in [0.15, 0.2) is 99.3 Å². The van der Waals surface area contributed by atoms with E-state index >= 15 is 0 Å². The molecular formula is C23H17NO4. The van der Waals surface area contributed by atoms with Gasteiger partial charge in [-0.15, -0.1) is 0 Å². The van der Waals surface area contributed by atoms with Gasteiger partial charge in [-0.2, -0.15) is 0 Å². The maximum atomic E-state index is 12.0. The third kappa shape index (κ3) is 3.64. The van der Waals surface area contributed by atoms with E-state index in [2.05, 4.69) is 5.16 Å². The molecule has 0 radical (unpaired) electrons. The lowest BCUT2D eigenvalue weighted by atomic mass is 10.0. The lowest BCUT2D eigenvalue weighted by Gasteiger charge is -2.10. The van der Waals surface area contributed by atoms with Crippen LogP contribution in [0.3, 0.4) is 0 Å². The second-order valence-corrected chi connectivity index (χ2v) is 6.20. The van der Waals surface area contributed by atoms with Crippen LogP contribution in [-0.4, -0.2) is 17.5 Å². The Labute approximate surface area is 161 Å². The Hall–Kier alpha value is -3.86. The second-order valence-electron chi connectivity index (χ2n) is 6.20. The van der Waals surface area contributed by atoms with Crippen molar-refractivity contribution in [1.29, 1.82) is 0 Å². The standard InChI is InChI=1S/C23H17NO4/c25-23-14-20(16-7-3-1-4-8-16)19-12-11-18(13-22(19)28-23)27-15-21(24-26)17-9-5-2-6-10-17/h1-14,26H,15H2/b24-21+. The molecule has 0 aliphatic carbocycles. The number of hydrogen-bond donors (Lipinski definition) is 1. The van der Waals surface area contributed by atoms with E-state index in [9.17, 15) is 10.0 Å². The highest BCUT2D eigenvalue weighted by molar-refractivity contribution is 6.01. The normalized spacial score (nSPS) is 11.5. The molecule has 4 rings (SSSR count). The van der Waals surface area contributed by atoms with Crippen molar-refractivity contribution < 1.29 is 14.4 Å². The summed E-state index contributed by atoms with van der Waals surface area (Å²) in [5.41, 5.74) is 2.92. The van der Waals surface area contributed by atoms with E-state index in [-0.39, 0.29) is 6.61 Å². The molecule has 0 saturated heterocycles. The van der Waals surface area contributed by atoms with Gasteiger partial charge in [0.15, 0.2) is 0 Å². The van der Waals surface area contributed by atoms with E-state index < -0.39 is 5.63 Å². The lowest BCUT2D eigenvalue weighted by Crippen LogP contribution is -2.13. The number of hydrogen-bond acceptors (Lipinski definition) is 5. The number of benzene rings is 3. The van der Waals surface area contributed by atoms with Gasteiger partial charge in [-0.1, -0.05) is 65.8 Å². The molecular weight excluding hydrogens is 354 g/mol. The zero-order chi connectivity index (χ0) is 19.3. The third-order valence-electron chi connectivity index (χ3n) is 4.40. The molecule has 1 N–H and O–H groups in total. The van der Waals surface area contributed by atoms with Crippen LogP contribution in [0.1, 0.15) is 5.56 Å². The molecule has 0 bridgehead atoms. The number of oxime groups is 1. The van der Waals surface area contributed by atoms with Crippen molar-refractivity contribution >= 4 is 16.7 Å². The van der Waals surface area contributed by atoms with Crippen LogP contribution in [-0.2, 0) is 0 Å². The Bertz CT molecular complexity index is 1180. The van der Waals surface area contributed by atoms with Crippen molar-refractivity contribution in [2.75, 3.05) is 6.61 Å². The van der Waals surface area contributed by atoms with Gasteiger partial charge >= 0.3 is 5.63 Å². The first-order valence-corrected chi connectivity index (χ1v) is 8.77. The Kier molecular flexibility index (Phi) is 4.89. The summed E-state index contributed by atoms with van der Waals surface area (Å²) in [5.74, 6) is 0.512. The Morgan fingerprint density at radius 2 is 1.64 bits per heavy atom. The Morgan fingerprint density at radius 1 is 0.929 bits per heavy atom. The average molecular weight is 371 g/mol. The summed E-state index contributed by atoms with van der Waals surface area (Å²) in [7, 11) is 0. The molecule has 0 atom stereocenters. The fourth-order valence-corrected chi connectivity index (χ4v) is 3.04. The molecule has 0 unspecified atom stereocenters. The topological polar surface area (TPSA) is 72.0 Å². The van der Waals surface area contributed by atoms with Crippen LogP contribution >= 0.6 is 0 Å². The number of rotatable bonds is 5. The van der Waals surface area contributed by atoms with Gasteiger partial charge in [-0.25, -0.2) is 4.79 Å². The number of nitrogens with zero attached hydrogens (tertiary/aromatic N) is 1. The van der Waals surface area contributed by atoms with Gasteiger partial charge in [0.25, 0.3) is 0 Å². The Morgan fingerprint density at radius 3 is 2.36 bits per heavy atom. The van der Waals surface area contributed by atoms with Crippen molar-refractivity contribution in [3.63, 3.8) is 0 Å². The lowest BCUT2D eigenvalue weighted by molar-refractivity contribution is 0.308. The van der Waals surface area contributed by atoms with E-state index in [0.717, 1.165) is 22.1 Å². The fourth-order valence-electron chi connectivity index (χ4n) is 3.04. The minimum absolute atomic E-state index is 0.0780. The summed E-state index contributed by atoms with van der Waals surface area (Å²) in [6, 6.07) is 25.8. The van der Waals surface area contributed by atoms with Crippen LogP contribution in [0, 0.1) is 0 Å². The summed E-state index contributed by atoms with van der Waals surface area (Å²) < 4.78 is 11.1. The minimum atomic E-state index is -0.426. The SMILES string of the molecule is O=c1cc(-c2ccccc2)c2ccc(OC/C(=N\O)c3ccccc3)cc2o1. The molecule has 138 valence electrons. The molecule has 0 saturated carbocycles. The molecule has 1 aromatic heterocycles. The summed E-state index contributed by atoms with van der Waals surface area (Å²) in [4.78, 5) is 12.0. The highest BCUT2D eigenvalue weighted by Crippen LogP contribution is 2.29. The highest BCUT2D eigenvalue weighted by atomic mass is 16.5. The van der Waals surface area contributed by atoms with Gasteiger partial charge < -0.3 is 14.4 Å². The first kappa shape index (κ1) is 17.5. The fraction of sp³-hybridized carbons (Fsp3) is 0.0435. The van der Waals surface area contributed by atoms with Crippen molar-refractivity contribution in [2.45, 2.75) is 0 Å². The smallest absolute Gasteiger partial charge is 0.336 e. The van der Waals surface area contributed by atoms with Crippen LogP contribution < -0.4 is 10.4 Å². The van der Waals surface area contributed by atoms with E-state index in [1.165, 1.54) is 6.07 Å². The third-order valence-corrected chi connectivity index (χ3v) is 4.40. The molecule has 28 heavy (non-hydrogen) atoms. The van der Waals surface area contributed by atoms with Gasteiger partial charge in [0, 0.05) is 23.1 Å². The number of ether oxygens (including phenoxy) is 1. The van der Waals surface area contributed by atoms with E-state index in [1.807, 2.05) is 66.7 Å². The molecule has 0 aliphatic heterocycles. The van der Waals surface area contributed by atoms with Crippen LogP contribution in [0.25, 0.3) is 22.1 Å². The van der Waals surface area contributed by atoms with Crippen LogP contribution in [0.5, 0.6) is 5.75 Å². The van der Waals surface area contributed by atoms with Crippen molar-refractivity contribution in [3.8, 4) is 16.9 Å². The molecule has 3 aromatic carbocycles. The van der Waals surface area contributed by atoms with Gasteiger partial charge in [0.05, 0.1) is 0 Å². The molecule has 5 nitrogen and oxygen atoms in total. The van der Waals surface area contributed by atoms with Crippen molar-refractivity contribution in [3.05, 3.63) is 101 Å². The first-order valence-electron chi connectivity index (χ1n) is 8.77. The summed E-state index contributed by atoms with van der Waals surface area (Å²) in [6.07, 6.45) is 0. The molecule has 0 aliphatic rings. The van der Waals surface area contributed by atoms with Crippen LogP contribution in [0.4, 0.5) is 0 Å². The molecule has 5 heteroatoms. The minimum Gasteiger partial charge on any atom is -0.487 e. The summed E-state index contributed by atoms with van der Waals surface area (Å²) >= 11 is 0. The van der Waals surface area contributed by atoms with Gasteiger partial charge in [-0.05, 0) is 23.3 Å².